The number of rotatable bonds is 2. The second-order valence-electron chi connectivity index (χ2n) is 4.80. The van der Waals surface area contributed by atoms with Crippen molar-refractivity contribution in [1.82, 2.24) is 0 Å². The standard InChI is InChI=1S/C13H17N3O2S/c1-8-3-5-16(6-4-8)12-9(7-14)10(15)11(19-12)13(17)18-2/h8H,3-6,15H2,1-2H3. The van der Waals surface area contributed by atoms with E-state index in [1.165, 1.54) is 18.4 Å². The highest BCUT2D eigenvalue weighted by Crippen LogP contribution is 2.39. The molecule has 0 radical (unpaired) electrons. The van der Waals surface area contributed by atoms with Crippen molar-refractivity contribution in [2.45, 2.75) is 19.8 Å². The van der Waals surface area contributed by atoms with Crippen LogP contribution in [0.1, 0.15) is 35.0 Å². The highest BCUT2D eigenvalue weighted by molar-refractivity contribution is 7.18. The van der Waals surface area contributed by atoms with Crippen LogP contribution in [0.25, 0.3) is 0 Å². The fraction of sp³-hybridized carbons (Fsp3) is 0.538. The monoisotopic (exact) mass is 279 g/mol. The van der Waals surface area contributed by atoms with Gasteiger partial charge in [-0.15, -0.1) is 11.3 Å². The molecular formula is C13H17N3O2S. The Morgan fingerprint density at radius 1 is 1.53 bits per heavy atom. The molecule has 0 saturated carbocycles. The van der Waals surface area contributed by atoms with E-state index in [2.05, 4.69) is 17.9 Å². The summed E-state index contributed by atoms with van der Waals surface area (Å²) in [7, 11) is 1.32. The summed E-state index contributed by atoms with van der Waals surface area (Å²) in [4.78, 5) is 14.1. The number of esters is 1. The van der Waals surface area contributed by atoms with E-state index in [0.717, 1.165) is 30.9 Å². The fourth-order valence-corrected chi connectivity index (χ4v) is 3.36. The second-order valence-corrected chi connectivity index (χ2v) is 5.80. The van der Waals surface area contributed by atoms with Gasteiger partial charge in [-0.3, -0.25) is 0 Å². The Morgan fingerprint density at radius 3 is 2.68 bits per heavy atom. The lowest BCUT2D eigenvalue weighted by molar-refractivity contribution is 0.0607. The van der Waals surface area contributed by atoms with E-state index in [-0.39, 0.29) is 5.69 Å². The molecule has 1 aliphatic rings. The molecule has 0 bridgehead atoms. The van der Waals surface area contributed by atoms with Gasteiger partial charge in [-0.05, 0) is 18.8 Å². The largest absolute Gasteiger partial charge is 0.465 e. The molecule has 0 atom stereocenters. The number of piperidine rings is 1. The van der Waals surface area contributed by atoms with Gasteiger partial charge in [0, 0.05) is 13.1 Å². The van der Waals surface area contributed by atoms with Crippen LogP contribution in [-0.2, 0) is 4.74 Å². The number of thiophene rings is 1. The van der Waals surface area contributed by atoms with E-state index in [1.807, 2.05) is 0 Å². The first-order valence-electron chi connectivity index (χ1n) is 6.24. The number of nitriles is 1. The van der Waals surface area contributed by atoms with Crippen LogP contribution in [0.15, 0.2) is 0 Å². The van der Waals surface area contributed by atoms with E-state index in [4.69, 9.17) is 10.5 Å². The first-order chi connectivity index (χ1) is 9.08. The van der Waals surface area contributed by atoms with E-state index < -0.39 is 5.97 Å². The molecule has 1 fully saturated rings. The number of carbonyl (C=O) groups excluding carboxylic acids is 1. The van der Waals surface area contributed by atoms with Crippen LogP contribution in [0.2, 0.25) is 0 Å². The van der Waals surface area contributed by atoms with Gasteiger partial charge in [0.1, 0.15) is 21.5 Å². The lowest BCUT2D eigenvalue weighted by Crippen LogP contribution is -2.32. The van der Waals surface area contributed by atoms with Crippen molar-refractivity contribution in [3.05, 3.63) is 10.4 Å². The van der Waals surface area contributed by atoms with Gasteiger partial charge < -0.3 is 15.4 Å². The van der Waals surface area contributed by atoms with E-state index >= 15 is 0 Å². The highest BCUT2D eigenvalue weighted by atomic mass is 32.1. The quantitative estimate of drug-likeness (QED) is 0.840. The Kier molecular flexibility index (Phi) is 3.96. The molecule has 6 heteroatoms. The molecule has 2 N–H and O–H groups in total. The number of hydrogen-bond donors (Lipinski definition) is 1. The SMILES string of the molecule is COC(=O)c1sc(N2CCC(C)CC2)c(C#N)c1N. The van der Waals surface area contributed by atoms with Crippen molar-refractivity contribution >= 4 is 28.0 Å². The van der Waals surface area contributed by atoms with Gasteiger partial charge in [-0.25, -0.2) is 4.79 Å². The molecule has 1 saturated heterocycles. The summed E-state index contributed by atoms with van der Waals surface area (Å²) in [5.74, 6) is 0.231. The summed E-state index contributed by atoms with van der Waals surface area (Å²) in [6, 6.07) is 2.11. The Hall–Kier alpha value is -1.74. The molecule has 19 heavy (non-hydrogen) atoms. The van der Waals surface area contributed by atoms with Gasteiger partial charge in [0.25, 0.3) is 0 Å². The summed E-state index contributed by atoms with van der Waals surface area (Å²) < 4.78 is 4.70. The minimum absolute atomic E-state index is 0.243. The number of nitrogens with two attached hydrogens (primary N) is 1. The number of nitrogens with zero attached hydrogens (tertiary/aromatic N) is 2. The van der Waals surface area contributed by atoms with Gasteiger partial charge in [0.15, 0.2) is 0 Å². The van der Waals surface area contributed by atoms with Crippen LogP contribution in [0, 0.1) is 17.2 Å². The first kappa shape index (κ1) is 13.7. The minimum atomic E-state index is -0.476. The van der Waals surface area contributed by atoms with Crippen molar-refractivity contribution in [3.63, 3.8) is 0 Å². The third kappa shape index (κ3) is 2.51. The van der Waals surface area contributed by atoms with Gasteiger partial charge in [0.2, 0.25) is 0 Å². The maximum absolute atomic E-state index is 11.6. The van der Waals surface area contributed by atoms with Crippen molar-refractivity contribution in [2.75, 3.05) is 30.8 Å². The molecule has 2 heterocycles. The van der Waals surface area contributed by atoms with Crippen molar-refractivity contribution in [2.24, 2.45) is 5.92 Å². The molecule has 1 aromatic rings. The fourth-order valence-electron chi connectivity index (χ4n) is 2.22. The predicted molar refractivity (Wildman–Crippen MR) is 75.4 cm³/mol. The molecular weight excluding hydrogens is 262 g/mol. The lowest BCUT2D eigenvalue weighted by atomic mass is 9.99. The van der Waals surface area contributed by atoms with Crippen molar-refractivity contribution in [3.8, 4) is 6.07 Å². The second kappa shape index (κ2) is 5.49. The van der Waals surface area contributed by atoms with Crippen LogP contribution in [0.5, 0.6) is 0 Å². The molecule has 102 valence electrons. The van der Waals surface area contributed by atoms with Crippen LogP contribution in [0.3, 0.4) is 0 Å². The van der Waals surface area contributed by atoms with Gasteiger partial charge >= 0.3 is 5.97 Å². The summed E-state index contributed by atoms with van der Waals surface area (Å²) in [6.07, 6.45) is 2.19. The number of methoxy groups -OCH3 is 1. The molecule has 0 amide bonds. The predicted octanol–water partition coefficient (Wildman–Crippen LogP) is 2.22. The molecule has 2 rings (SSSR count). The summed E-state index contributed by atoms with van der Waals surface area (Å²) >= 11 is 1.26. The smallest absolute Gasteiger partial charge is 0.350 e. The zero-order valence-electron chi connectivity index (χ0n) is 11.1. The lowest BCUT2D eigenvalue weighted by Gasteiger charge is -2.31. The first-order valence-corrected chi connectivity index (χ1v) is 7.05. The Bertz CT molecular complexity index is 525. The number of hydrogen-bond acceptors (Lipinski definition) is 6. The molecule has 1 aromatic heterocycles. The van der Waals surface area contributed by atoms with Gasteiger partial charge in [-0.1, -0.05) is 6.92 Å². The van der Waals surface area contributed by atoms with Crippen LogP contribution in [-0.4, -0.2) is 26.2 Å². The molecule has 5 nitrogen and oxygen atoms in total. The van der Waals surface area contributed by atoms with Gasteiger partial charge in [-0.2, -0.15) is 5.26 Å². The average Bonchev–Trinajstić information content (AvgIpc) is 2.75. The Labute approximate surface area is 116 Å². The highest BCUT2D eigenvalue weighted by Gasteiger charge is 2.26. The van der Waals surface area contributed by atoms with E-state index in [1.54, 1.807) is 0 Å². The van der Waals surface area contributed by atoms with Crippen molar-refractivity contribution in [1.29, 1.82) is 5.26 Å². The van der Waals surface area contributed by atoms with E-state index in [9.17, 15) is 10.1 Å². The number of carbonyl (C=O) groups is 1. The maximum Gasteiger partial charge on any atom is 0.350 e. The number of ether oxygens (including phenoxy) is 1. The average molecular weight is 279 g/mol. The summed E-state index contributed by atoms with van der Waals surface area (Å²) in [5, 5.41) is 10.0. The zero-order valence-corrected chi connectivity index (χ0v) is 11.9. The molecule has 0 unspecified atom stereocenters. The van der Waals surface area contributed by atoms with Crippen LogP contribution >= 0.6 is 11.3 Å². The molecule has 0 spiro atoms. The zero-order chi connectivity index (χ0) is 14.0. The van der Waals surface area contributed by atoms with Crippen LogP contribution < -0.4 is 10.6 Å². The third-order valence-corrected chi connectivity index (χ3v) is 4.73. The maximum atomic E-state index is 11.6. The minimum Gasteiger partial charge on any atom is -0.465 e. The topological polar surface area (TPSA) is 79.3 Å². The van der Waals surface area contributed by atoms with Gasteiger partial charge in [0.05, 0.1) is 12.8 Å². The number of anilines is 2. The number of nitrogen functional groups attached to an aromatic ring is 1. The molecule has 0 aromatic carbocycles. The Morgan fingerprint density at radius 2 is 2.16 bits per heavy atom. The third-order valence-electron chi connectivity index (χ3n) is 3.48. The summed E-state index contributed by atoms with van der Waals surface area (Å²) in [6.45, 7) is 4.03. The van der Waals surface area contributed by atoms with E-state index in [0.29, 0.717) is 16.4 Å². The molecule has 1 aliphatic heterocycles. The normalized spacial score (nSPS) is 16.2. The van der Waals surface area contributed by atoms with Crippen LogP contribution in [0.4, 0.5) is 10.7 Å². The summed E-state index contributed by atoms with van der Waals surface area (Å²) in [5.41, 5.74) is 6.53. The van der Waals surface area contributed by atoms with Crippen molar-refractivity contribution < 1.29 is 9.53 Å². The Balaban J connectivity index is 2.35. The molecule has 0 aliphatic carbocycles.